The molecule has 0 aliphatic rings. The zero-order valence-corrected chi connectivity index (χ0v) is 18.7. The minimum Gasteiger partial charge on any atom is -0.497 e. The van der Waals surface area contributed by atoms with Crippen molar-refractivity contribution in [1.82, 2.24) is 9.78 Å². The number of benzene rings is 3. The first-order chi connectivity index (χ1) is 16.6. The van der Waals surface area contributed by atoms with Gasteiger partial charge in [0, 0.05) is 29.1 Å². The monoisotopic (exact) mass is 450 g/mol. The topological polar surface area (TPSA) is 89.2 Å². The highest BCUT2D eigenvalue weighted by Gasteiger charge is 2.16. The number of methoxy groups -OCH3 is 2. The van der Waals surface area contributed by atoms with Crippen LogP contribution in [0.4, 0.5) is 5.69 Å². The summed E-state index contributed by atoms with van der Waals surface area (Å²) in [5, 5.41) is 17.2. The summed E-state index contributed by atoms with van der Waals surface area (Å²) in [4.78, 5) is 12.9. The molecule has 0 atom stereocenters. The van der Waals surface area contributed by atoms with Crippen LogP contribution in [0, 0.1) is 11.3 Å². The fourth-order valence-electron chi connectivity index (χ4n) is 3.38. The molecule has 4 rings (SSSR count). The summed E-state index contributed by atoms with van der Waals surface area (Å²) in [7, 11) is 3.15. The van der Waals surface area contributed by atoms with Crippen LogP contribution in [0.15, 0.2) is 90.6 Å². The number of amides is 1. The van der Waals surface area contributed by atoms with Crippen LogP contribution in [0.3, 0.4) is 0 Å². The van der Waals surface area contributed by atoms with E-state index in [1.807, 2.05) is 60.7 Å². The molecule has 0 unspecified atom stereocenters. The number of rotatable bonds is 7. The van der Waals surface area contributed by atoms with Crippen LogP contribution in [-0.2, 0) is 4.79 Å². The average molecular weight is 450 g/mol. The molecule has 34 heavy (non-hydrogen) atoms. The lowest BCUT2D eigenvalue weighted by atomic mass is 10.1. The number of hydrogen-bond acceptors (Lipinski definition) is 5. The van der Waals surface area contributed by atoms with Gasteiger partial charge in [0.05, 0.1) is 25.6 Å². The highest BCUT2D eigenvalue weighted by Crippen LogP contribution is 2.28. The third-order valence-electron chi connectivity index (χ3n) is 5.12. The molecule has 3 aromatic carbocycles. The number of hydrogen-bond donors (Lipinski definition) is 1. The van der Waals surface area contributed by atoms with Gasteiger partial charge in [-0.1, -0.05) is 24.3 Å². The van der Waals surface area contributed by atoms with Crippen molar-refractivity contribution in [2.75, 3.05) is 19.5 Å². The van der Waals surface area contributed by atoms with Crippen molar-refractivity contribution in [1.29, 1.82) is 5.26 Å². The molecule has 0 aliphatic carbocycles. The SMILES string of the molecule is COc1ccc(-c2nn(-c3ccccc3)cc2/C=C(\C#N)C(=O)Nc2cccc(OC)c2)cc1. The first-order valence-corrected chi connectivity index (χ1v) is 10.5. The summed E-state index contributed by atoms with van der Waals surface area (Å²) < 4.78 is 12.2. The van der Waals surface area contributed by atoms with Crippen molar-refractivity contribution in [2.24, 2.45) is 0 Å². The number of nitrogens with one attached hydrogen (secondary N) is 1. The zero-order chi connectivity index (χ0) is 23.9. The molecule has 4 aromatic rings. The standard InChI is InChI=1S/C27H22N4O3/c1-33-24-13-11-19(12-14-24)26-21(18-31(30-26)23-8-4-3-5-9-23)15-20(17-28)27(32)29-22-7-6-10-25(16-22)34-2/h3-16,18H,1-2H3,(H,29,32)/b20-15+. The Morgan fingerprint density at radius 2 is 1.71 bits per heavy atom. The maximum atomic E-state index is 12.9. The van der Waals surface area contributed by atoms with E-state index in [0.29, 0.717) is 22.7 Å². The van der Waals surface area contributed by atoms with Gasteiger partial charge in [0.2, 0.25) is 0 Å². The summed E-state index contributed by atoms with van der Waals surface area (Å²) in [6.45, 7) is 0. The molecule has 0 saturated heterocycles. The first-order valence-electron chi connectivity index (χ1n) is 10.5. The number of para-hydroxylation sites is 1. The second-order valence-electron chi connectivity index (χ2n) is 7.30. The number of carbonyl (C=O) groups excluding carboxylic acids is 1. The van der Waals surface area contributed by atoms with Gasteiger partial charge in [0.25, 0.3) is 5.91 Å². The Labute approximate surface area is 197 Å². The molecule has 1 N–H and O–H groups in total. The van der Waals surface area contributed by atoms with Gasteiger partial charge >= 0.3 is 0 Å². The van der Waals surface area contributed by atoms with Crippen LogP contribution in [0.2, 0.25) is 0 Å². The number of carbonyl (C=O) groups is 1. The van der Waals surface area contributed by atoms with E-state index in [1.165, 1.54) is 0 Å². The maximum Gasteiger partial charge on any atom is 0.266 e. The van der Waals surface area contributed by atoms with Crippen LogP contribution in [0.5, 0.6) is 11.5 Å². The zero-order valence-electron chi connectivity index (χ0n) is 18.7. The van der Waals surface area contributed by atoms with Gasteiger partial charge in [-0.15, -0.1) is 0 Å². The Balaban J connectivity index is 1.73. The Morgan fingerprint density at radius 1 is 0.971 bits per heavy atom. The highest BCUT2D eigenvalue weighted by atomic mass is 16.5. The molecule has 0 saturated carbocycles. The molecule has 7 nitrogen and oxygen atoms in total. The van der Waals surface area contributed by atoms with Crippen molar-refractivity contribution in [3.63, 3.8) is 0 Å². The largest absolute Gasteiger partial charge is 0.497 e. The summed E-state index contributed by atoms with van der Waals surface area (Å²) in [6.07, 6.45) is 3.34. The van der Waals surface area contributed by atoms with Gasteiger partial charge in [-0.25, -0.2) is 4.68 Å². The van der Waals surface area contributed by atoms with Crippen molar-refractivity contribution < 1.29 is 14.3 Å². The molecular formula is C27H22N4O3. The summed E-state index contributed by atoms with van der Waals surface area (Å²) in [5.41, 5.74) is 3.43. The second kappa shape index (κ2) is 10.2. The van der Waals surface area contributed by atoms with Crippen molar-refractivity contribution in [2.45, 2.75) is 0 Å². The molecule has 7 heteroatoms. The molecule has 0 spiro atoms. The van der Waals surface area contributed by atoms with Crippen LogP contribution in [0.25, 0.3) is 23.0 Å². The molecule has 0 fully saturated rings. The van der Waals surface area contributed by atoms with Gasteiger partial charge in [0.1, 0.15) is 23.1 Å². The fraction of sp³-hybridized carbons (Fsp3) is 0.0741. The van der Waals surface area contributed by atoms with Crippen molar-refractivity contribution >= 4 is 17.7 Å². The van der Waals surface area contributed by atoms with Crippen LogP contribution in [-0.4, -0.2) is 29.9 Å². The predicted molar refractivity (Wildman–Crippen MR) is 131 cm³/mol. The molecular weight excluding hydrogens is 428 g/mol. The van der Waals surface area contributed by atoms with E-state index in [0.717, 1.165) is 17.0 Å². The Kier molecular flexibility index (Phi) is 6.70. The number of nitrogens with zero attached hydrogens (tertiary/aromatic N) is 3. The molecule has 1 heterocycles. The number of ether oxygens (including phenoxy) is 2. The number of anilines is 1. The maximum absolute atomic E-state index is 12.9. The van der Waals surface area contributed by atoms with E-state index in [2.05, 4.69) is 5.32 Å². The van der Waals surface area contributed by atoms with Gasteiger partial charge in [-0.3, -0.25) is 4.79 Å². The minimum absolute atomic E-state index is 0.0507. The Morgan fingerprint density at radius 3 is 2.38 bits per heavy atom. The van der Waals surface area contributed by atoms with E-state index < -0.39 is 5.91 Å². The molecule has 1 aromatic heterocycles. The Hall–Kier alpha value is -4.83. The smallest absolute Gasteiger partial charge is 0.266 e. The molecule has 0 bridgehead atoms. The van der Waals surface area contributed by atoms with E-state index in [9.17, 15) is 10.1 Å². The van der Waals surface area contributed by atoms with Gasteiger partial charge < -0.3 is 14.8 Å². The second-order valence-corrected chi connectivity index (χ2v) is 7.30. The summed E-state index contributed by atoms with van der Waals surface area (Å²) >= 11 is 0. The van der Waals surface area contributed by atoms with E-state index in [4.69, 9.17) is 14.6 Å². The Bertz CT molecular complexity index is 1370. The third kappa shape index (κ3) is 4.97. The van der Waals surface area contributed by atoms with E-state index in [-0.39, 0.29) is 5.57 Å². The van der Waals surface area contributed by atoms with Gasteiger partial charge in [-0.05, 0) is 54.6 Å². The van der Waals surface area contributed by atoms with E-state index in [1.54, 1.807) is 55.4 Å². The van der Waals surface area contributed by atoms with Gasteiger partial charge in [-0.2, -0.15) is 10.4 Å². The lowest BCUT2D eigenvalue weighted by molar-refractivity contribution is -0.112. The first kappa shape index (κ1) is 22.4. The summed E-state index contributed by atoms with van der Waals surface area (Å²) in [5.74, 6) is 0.800. The highest BCUT2D eigenvalue weighted by molar-refractivity contribution is 6.10. The van der Waals surface area contributed by atoms with Crippen LogP contribution >= 0.6 is 0 Å². The molecule has 0 radical (unpaired) electrons. The van der Waals surface area contributed by atoms with Crippen LogP contribution in [0.1, 0.15) is 5.56 Å². The predicted octanol–water partition coefficient (Wildman–Crippen LogP) is 5.10. The molecule has 168 valence electrons. The molecule has 0 aliphatic heterocycles. The third-order valence-corrected chi connectivity index (χ3v) is 5.12. The normalized spacial score (nSPS) is 10.9. The number of nitriles is 1. The average Bonchev–Trinajstić information content (AvgIpc) is 3.31. The van der Waals surface area contributed by atoms with Crippen molar-refractivity contribution in [3.05, 3.63) is 96.2 Å². The molecule has 1 amide bonds. The van der Waals surface area contributed by atoms with Crippen LogP contribution < -0.4 is 14.8 Å². The summed E-state index contributed by atoms with van der Waals surface area (Å²) in [6, 6.07) is 26.0. The lowest BCUT2D eigenvalue weighted by Gasteiger charge is -2.06. The quantitative estimate of drug-likeness (QED) is 0.312. The number of aromatic nitrogens is 2. The minimum atomic E-state index is -0.524. The fourth-order valence-corrected chi connectivity index (χ4v) is 3.38. The lowest BCUT2D eigenvalue weighted by Crippen LogP contribution is -2.13. The van der Waals surface area contributed by atoms with Gasteiger partial charge in [0.15, 0.2) is 0 Å². The van der Waals surface area contributed by atoms with Crippen molar-refractivity contribution in [3.8, 4) is 34.5 Å². The van der Waals surface area contributed by atoms with E-state index >= 15 is 0 Å².